The summed E-state index contributed by atoms with van der Waals surface area (Å²) in [6.45, 7) is 0. The number of aromatic nitrogens is 1. The molecular formula is C9H6N2O. The van der Waals surface area contributed by atoms with Gasteiger partial charge in [-0.05, 0) is 12.1 Å². The number of rotatable bonds is 0. The summed E-state index contributed by atoms with van der Waals surface area (Å²) in [5.41, 5.74) is 4.80. The number of benzene rings is 1. The second kappa shape index (κ2) is 1.88. The fourth-order valence-corrected chi connectivity index (χ4v) is 1.46. The van der Waals surface area contributed by atoms with Crippen LogP contribution in [0.1, 0.15) is 0 Å². The molecule has 2 heterocycles. The first kappa shape index (κ1) is 5.83. The summed E-state index contributed by atoms with van der Waals surface area (Å²) in [4.78, 5) is 9.45. The Balaban J connectivity index is 2.58. The molecule has 0 radical (unpaired) electrons. The molecule has 1 aliphatic heterocycles. The monoisotopic (exact) mass is 158 g/mol. The van der Waals surface area contributed by atoms with E-state index in [1.807, 2.05) is 24.3 Å². The minimum absolute atomic E-state index is 0.857. The summed E-state index contributed by atoms with van der Waals surface area (Å²) in [5, 5.41) is 1.07. The highest BCUT2D eigenvalue weighted by atomic mass is 16.7. The molecule has 0 spiro atoms. The summed E-state index contributed by atoms with van der Waals surface area (Å²) in [6, 6.07) is 7.75. The number of nitrogens with zero attached hydrogens (tertiary/aromatic N) is 1. The Kier molecular flexibility index (Phi) is 0.913. The lowest BCUT2D eigenvalue weighted by Gasteiger charge is -1.93. The van der Waals surface area contributed by atoms with Gasteiger partial charge in [0.25, 0.3) is 0 Å². The van der Waals surface area contributed by atoms with E-state index in [0.29, 0.717) is 0 Å². The van der Waals surface area contributed by atoms with Crippen molar-refractivity contribution in [2.75, 3.05) is 5.48 Å². The van der Waals surface area contributed by atoms with Crippen LogP contribution in [-0.2, 0) is 0 Å². The Morgan fingerprint density at radius 1 is 1.25 bits per heavy atom. The summed E-state index contributed by atoms with van der Waals surface area (Å²) in [6.07, 6.45) is 1.74. The SMILES string of the molecule is c1cc2c3c(ccnc3c1)ON2. The maximum Gasteiger partial charge on any atom is 0.168 e. The molecule has 0 aliphatic carbocycles. The van der Waals surface area contributed by atoms with E-state index < -0.39 is 0 Å². The Morgan fingerprint density at radius 3 is 3.25 bits per heavy atom. The maximum atomic E-state index is 5.22. The smallest absolute Gasteiger partial charge is 0.168 e. The number of nitrogens with one attached hydrogen (secondary N) is 1. The van der Waals surface area contributed by atoms with E-state index in [4.69, 9.17) is 4.84 Å². The molecule has 1 aromatic carbocycles. The standard InChI is InChI=1S/C9H6N2O/c1-2-6-9-7(3-1)11-12-8(9)4-5-10-6/h1-5,11H. The van der Waals surface area contributed by atoms with Gasteiger partial charge in [0.15, 0.2) is 5.75 Å². The van der Waals surface area contributed by atoms with Crippen molar-refractivity contribution in [3.63, 3.8) is 0 Å². The van der Waals surface area contributed by atoms with Gasteiger partial charge in [0, 0.05) is 12.3 Å². The molecule has 1 aromatic heterocycles. The van der Waals surface area contributed by atoms with E-state index >= 15 is 0 Å². The van der Waals surface area contributed by atoms with Crippen LogP contribution >= 0.6 is 0 Å². The Bertz CT molecular complexity index is 414. The summed E-state index contributed by atoms with van der Waals surface area (Å²) in [7, 11) is 0. The van der Waals surface area contributed by atoms with Crippen molar-refractivity contribution in [3.05, 3.63) is 30.5 Å². The fraction of sp³-hybridized carbons (Fsp3) is 0. The van der Waals surface area contributed by atoms with Crippen LogP contribution in [0.25, 0.3) is 10.9 Å². The van der Waals surface area contributed by atoms with E-state index in [0.717, 1.165) is 22.3 Å². The van der Waals surface area contributed by atoms with Crippen molar-refractivity contribution in [1.82, 2.24) is 4.98 Å². The third-order valence-electron chi connectivity index (χ3n) is 2.00. The van der Waals surface area contributed by atoms with Crippen LogP contribution in [0, 0.1) is 0 Å². The number of hydrogen-bond acceptors (Lipinski definition) is 3. The minimum atomic E-state index is 0.857. The second-order valence-corrected chi connectivity index (χ2v) is 2.71. The Labute approximate surface area is 68.9 Å². The highest BCUT2D eigenvalue weighted by Gasteiger charge is 2.14. The van der Waals surface area contributed by atoms with Gasteiger partial charge in [0.1, 0.15) is 0 Å². The molecule has 58 valence electrons. The minimum Gasteiger partial charge on any atom is -0.381 e. The van der Waals surface area contributed by atoms with E-state index in [9.17, 15) is 0 Å². The topological polar surface area (TPSA) is 34.1 Å². The van der Waals surface area contributed by atoms with Crippen molar-refractivity contribution in [2.45, 2.75) is 0 Å². The molecule has 1 aliphatic rings. The van der Waals surface area contributed by atoms with Gasteiger partial charge in [-0.2, -0.15) is 0 Å². The van der Waals surface area contributed by atoms with Gasteiger partial charge in [0.05, 0.1) is 16.6 Å². The molecule has 3 heteroatoms. The van der Waals surface area contributed by atoms with Gasteiger partial charge in [0.2, 0.25) is 0 Å². The van der Waals surface area contributed by atoms with Gasteiger partial charge in [-0.1, -0.05) is 6.07 Å². The van der Waals surface area contributed by atoms with Gasteiger partial charge in [-0.25, -0.2) is 5.48 Å². The van der Waals surface area contributed by atoms with Gasteiger partial charge in [-0.15, -0.1) is 0 Å². The zero-order chi connectivity index (χ0) is 7.97. The molecule has 1 N–H and O–H groups in total. The number of pyridine rings is 1. The van der Waals surface area contributed by atoms with Crippen molar-refractivity contribution in [2.24, 2.45) is 0 Å². The zero-order valence-electron chi connectivity index (χ0n) is 6.24. The molecule has 0 unspecified atom stereocenters. The predicted molar refractivity (Wildman–Crippen MR) is 46.0 cm³/mol. The second-order valence-electron chi connectivity index (χ2n) is 2.71. The van der Waals surface area contributed by atoms with Crippen molar-refractivity contribution in [3.8, 4) is 5.75 Å². The maximum absolute atomic E-state index is 5.22. The van der Waals surface area contributed by atoms with Crippen molar-refractivity contribution >= 4 is 16.6 Å². The highest BCUT2D eigenvalue weighted by molar-refractivity contribution is 5.98. The van der Waals surface area contributed by atoms with Crippen LogP contribution in [0.4, 0.5) is 5.69 Å². The van der Waals surface area contributed by atoms with Crippen LogP contribution in [0.15, 0.2) is 30.5 Å². The first-order valence-electron chi connectivity index (χ1n) is 3.76. The van der Waals surface area contributed by atoms with E-state index in [1.165, 1.54) is 0 Å². The molecule has 0 bridgehead atoms. The molecule has 0 amide bonds. The molecular weight excluding hydrogens is 152 g/mol. The Morgan fingerprint density at radius 2 is 2.25 bits per heavy atom. The number of anilines is 1. The lowest BCUT2D eigenvalue weighted by molar-refractivity contribution is 0.423. The van der Waals surface area contributed by atoms with Crippen LogP contribution < -0.4 is 10.3 Å². The molecule has 12 heavy (non-hydrogen) atoms. The van der Waals surface area contributed by atoms with E-state index in [1.54, 1.807) is 6.20 Å². The third kappa shape index (κ3) is 0.580. The van der Waals surface area contributed by atoms with Crippen LogP contribution in [0.2, 0.25) is 0 Å². The van der Waals surface area contributed by atoms with Gasteiger partial charge >= 0.3 is 0 Å². The first-order valence-corrected chi connectivity index (χ1v) is 3.76. The summed E-state index contributed by atoms with van der Waals surface area (Å²) >= 11 is 0. The number of hydrogen-bond donors (Lipinski definition) is 1. The molecule has 2 aromatic rings. The highest BCUT2D eigenvalue weighted by Crippen LogP contribution is 2.35. The zero-order valence-corrected chi connectivity index (χ0v) is 6.24. The van der Waals surface area contributed by atoms with Crippen LogP contribution in [0.5, 0.6) is 5.75 Å². The summed E-state index contributed by atoms with van der Waals surface area (Å²) < 4.78 is 0. The molecule has 0 atom stereocenters. The van der Waals surface area contributed by atoms with E-state index in [-0.39, 0.29) is 0 Å². The summed E-state index contributed by atoms with van der Waals surface area (Å²) in [5.74, 6) is 0.857. The lowest BCUT2D eigenvalue weighted by Crippen LogP contribution is -1.95. The molecule has 3 rings (SSSR count). The van der Waals surface area contributed by atoms with Crippen molar-refractivity contribution < 1.29 is 4.84 Å². The van der Waals surface area contributed by atoms with Gasteiger partial charge in [-0.3, -0.25) is 4.98 Å². The third-order valence-corrected chi connectivity index (χ3v) is 2.00. The predicted octanol–water partition coefficient (Wildman–Crippen LogP) is 1.95. The first-order chi connectivity index (χ1) is 5.95. The largest absolute Gasteiger partial charge is 0.381 e. The van der Waals surface area contributed by atoms with Crippen molar-refractivity contribution in [1.29, 1.82) is 0 Å². The van der Waals surface area contributed by atoms with Crippen LogP contribution in [-0.4, -0.2) is 4.98 Å². The molecule has 0 saturated carbocycles. The fourth-order valence-electron chi connectivity index (χ4n) is 1.46. The quantitative estimate of drug-likeness (QED) is 0.636. The normalized spacial score (nSPS) is 12.7. The average Bonchev–Trinajstić information content (AvgIpc) is 2.52. The molecule has 0 saturated heterocycles. The lowest BCUT2D eigenvalue weighted by atomic mass is 10.2. The van der Waals surface area contributed by atoms with Crippen LogP contribution in [0.3, 0.4) is 0 Å². The molecule has 3 nitrogen and oxygen atoms in total. The van der Waals surface area contributed by atoms with E-state index in [2.05, 4.69) is 10.5 Å². The molecule has 0 fully saturated rings. The average molecular weight is 158 g/mol. The van der Waals surface area contributed by atoms with Gasteiger partial charge < -0.3 is 4.84 Å². The Hall–Kier alpha value is -1.77.